The predicted molar refractivity (Wildman–Crippen MR) is 106 cm³/mol. The van der Waals surface area contributed by atoms with Crippen LogP contribution in [0.25, 0.3) is 0 Å². The van der Waals surface area contributed by atoms with Crippen LogP contribution in [0.3, 0.4) is 0 Å². The minimum Gasteiger partial charge on any atom is -0.450 e. The summed E-state index contributed by atoms with van der Waals surface area (Å²) in [6.45, 7) is 6.03. The molecule has 0 aromatic heterocycles. The molecule has 3 N–H and O–H groups in total. The van der Waals surface area contributed by atoms with Crippen molar-refractivity contribution in [3.63, 3.8) is 0 Å². The molecule has 7 heteroatoms. The van der Waals surface area contributed by atoms with E-state index in [1.54, 1.807) is 7.05 Å². The fourth-order valence-electron chi connectivity index (χ4n) is 2.34. The Morgan fingerprint density at radius 3 is 2.52 bits per heavy atom. The van der Waals surface area contributed by atoms with E-state index in [0.717, 1.165) is 18.9 Å². The Hall–Kier alpha value is -0.730. The van der Waals surface area contributed by atoms with E-state index in [-0.39, 0.29) is 36.1 Å². The van der Waals surface area contributed by atoms with Crippen molar-refractivity contribution in [2.24, 2.45) is 10.9 Å². The largest absolute Gasteiger partial charge is 0.450 e. The number of nitrogens with one attached hydrogen (secondary N) is 3. The molecular formula is C16H33IN4O2. The van der Waals surface area contributed by atoms with Crippen LogP contribution in [0.5, 0.6) is 0 Å². The van der Waals surface area contributed by atoms with Crippen molar-refractivity contribution in [2.45, 2.75) is 58.4 Å². The molecule has 6 nitrogen and oxygen atoms in total. The second kappa shape index (κ2) is 13.7. The van der Waals surface area contributed by atoms with Gasteiger partial charge in [0.05, 0.1) is 12.6 Å². The number of unbranched alkanes of at least 4 members (excludes halogenated alkanes) is 3. The number of halogens is 1. The number of aliphatic imine (C=N–C) groups is 1. The van der Waals surface area contributed by atoms with Crippen molar-refractivity contribution >= 4 is 36.0 Å². The molecule has 0 aliphatic heterocycles. The third kappa shape index (κ3) is 10.6. The summed E-state index contributed by atoms with van der Waals surface area (Å²) in [5.74, 6) is 1.35. The summed E-state index contributed by atoms with van der Waals surface area (Å²) < 4.78 is 4.96. The zero-order valence-corrected chi connectivity index (χ0v) is 17.0. The summed E-state index contributed by atoms with van der Waals surface area (Å²) in [6, 6.07) is 0.109. The lowest BCUT2D eigenvalue weighted by Gasteiger charge is -2.20. The smallest absolute Gasteiger partial charge is 0.407 e. The highest BCUT2D eigenvalue weighted by Gasteiger charge is 2.32. The van der Waals surface area contributed by atoms with Crippen molar-refractivity contribution in [3.8, 4) is 0 Å². The van der Waals surface area contributed by atoms with Gasteiger partial charge in [0, 0.05) is 20.1 Å². The molecule has 1 aliphatic rings. The predicted octanol–water partition coefficient (Wildman–Crippen LogP) is 2.87. The Bertz CT molecular complexity index is 349. The molecular weight excluding hydrogens is 407 g/mol. The zero-order chi connectivity index (χ0) is 16.2. The third-order valence-electron chi connectivity index (χ3n) is 3.81. The van der Waals surface area contributed by atoms with Crippen molar-refractivity contribution in [2.75, 3.05) is 26.7 Å². The number of ether oxygens (including phenoxy) is 1. The van der Waals surface area contributed by atoms with E-state index in [1.165, 1.54) is 32.1 Å². The van der Waals surface area contributed by atoms with Crippen LogP contribution < -0.4 is 16.0 Å². The van der Waals surface area contributed by atoms with Gasteiger partial charge in [-0.1, -0.05) is 26.2 Å². The summed E-state index contributed by atoms with van der Waals surface area (Å²) in [6.07, 6.45) is 6.93. The topological polar surface area (TPSA) is 74.8 Å². The van der Waals surface area contributed by atoms with Gasteiger partial charge in [-0.15, -0.1) is 24.0 Å². The minimum atomic E-state index is -0.330. The van der Waals surface area contributed by atoms with Gasteiger partial charge in [-0.05, 0) is 32.1 Å². The first-order valence-corrected chi connectivity index (χ1v) is 8.59. The summed E-state index contributed by atoms with van der Waals surface area (Å²) >= 11 is 0. The number of hydrogen-bond donors (Lipinski definition) is 3. The summed E-state index contributed by atoms with van der Waals surface area (Å²) in [5, 5.41) is 9.55. The lowest BCUT2D eigenvalue weighted by atomic mass is 10.2. The Balaban J connectivity index is 0.00000484. The standard InChI is InChI=1S/C16H32N4O2.HI/c1-4-6-7-8-11-18-15(17-3)19-12-14(13-9-10-13)20-16(21)22-5-2;/h13-14H,4-12H2,1-3H3,(H,20,21)(H2,17,18,19);1H. The van der Waals surface area contributed by atoms with Crippen LogP contribution in [0.1, 0.15) is 52.4 Å². The summed E-state index contributed by atoms with van der Waals surface area (Å²) in [7, 11) is 1.77. The molecule has 1 rings (SSSR count). The first kappa shape index (κ1) is 22.3. The van der Waals surface area contributed by atoms with E-state index in [9.17, 15) is 4.79 Å². The number of carbonyl (C=O) groups excluding carboxylic acids is 1. The molecule has 1 saturated carbocycles. The number of nitrogens with zero attached hydrogens (tertiary/aromatic N) is 1. The van der Waals surface area contributed by atoms with Gasteiger partial charge in [0.2, 0.25) is 0 Å². The molecule has 1 aliphatic carbocycles. The highest BCUT2D eigenvalue weighted by atomic mass is 127. The third-order valence-corrected chi connectivity index (χ3v) is 3.81. The van der Waals surface area contributed by atoms with Gasteiger partial charge < -0.3 is 20.7 Å². The number of rotatable bonds is 10. The minimum absolute atomic E-state index is 0. The highest BCUT2D eigenvalue weighted by molar-refractivity contribution is 14.0. The lowest BCUT2D eigenvalue weighted by molar-refractivity contribution is 0.146. The van der Waals surface area contributed by atoms with Crippen LogP contribution in [-0.2, 0) is 4.74 Å². The van der Waals surface area contributed by atoms with Gasteiger partial charge >= 0.3 is 6.09 Å². The molecule has 23 heavy (non-hydrogen) atoms. The normalized spacial score (nSPS) is 15.3. The maximum atomic E-state index is 11.6. The molecule has 0 aromatic carbocycles. The van der Waals surface area contributed by atoms with Gasteiger partial charge in [-0.3, -0.25) is 4.99 Å². The van der Waals surface area contributed by atoms with Crippen molar-refractivity contribution < 1.29 is 9.53 Å². The Kier molecular flexibility index (Phi) is 13.3. The van der Waals surface area contributed by atoms with E-state index in [0.29, 0.717) is 19.1 Å². The van der Waals surface area contributed by atoms with E-state index in [1.807, 2.05) is 6.92 Å². The lowest BCUT2D eigenvalue weighted by Crippen LogP contribution is -2.48. The Morgan fingerprint density at radius 2 is 1.96 bits per heavy atom. The number of hydrogen-bond acceptors (Lipinski definition) is 3. The molecule has 0 bridgehead atoms. The van der Waals surface area contributed by atoms with Crippen LogP contribution in [-0.4, -0.2) is 44.8 Å². The average Bonchev–Trinajstić information content (AvgIpc) is 3.33. The monoisotopic (exact) mass is 440 g/mol. The maximum Gasteiger partial charge on any atom is 0.407 e. The van der Waals surface area contributed by atoms with Crippen LogP contribution >= 0.6 is 24.0 Å². The summed E-state index contributed by atoms with van der Waals surface area (Å²) in [5.41, 5.74) is 0. The van der Waals surface area contributed by atoms with Crippen LogP contribution in [0.15, 0.2) is 4.99 Å². The molecule has 136 valence electrons. The number of carbonyl (C=O) groups is 1. The van der Waals surface area contributed by atoms with Gasteiger partial charge in [0.15, 0.2) is 5.96 Å². The number of guanidine groups is 1. The van der Waals surface area contributed by atoms with E-state index < -0.39 is 0 Å². The summed E-state index contributed by atoms with van der Waals surface area (Å²) in [4.78, 5) is 15.8. The molecule has 1 amide bonds. The first-order valence-electron chi connectivity index (χ1n) is 8.59. The molecule has 1 fully saturated rings. The van der Waals surface area contributed by atoms with Crippen molar-refractivity contribution in [1.82, 2.24) is 16.0 Å². The van der Waals surface area contributed by atoms with Gasteiger partial charge in [-0.25, -0.2) is 4.79 Å². The second-order valence-corrected chi connectivity index (χ2v) is 5.75. The van der Waals surface area contributed by atoms with E-state index in [4.69, 9.17) is 4.74 Å². The average molecular weight is 440 g/mol. The van der Waals surface area contributed by atoms with Crippen molar-refractivity contribution in [3.05, 3.63) is 0 Å². The molecule has 0 radical (unpaired) electrons. The van der Waals surface area contributed by atoms with Gasteiger partial charge in [0.25, 0.3) is 0 Å². The highest BCUT2D eigenvalue weighted by Crippen LogP contribution is 2.32. The van der Waals surface area contributed by atoms with E-state index in [2.05, 4.69) is 27.9 Å². The quantitative estimate of drug-likeness (QED) is 0.211. The SMILES string of the molecule is CCCCCCNC(=NC)NCC(NC(=O)OCC)C1CC1.I. The van der Waals surface area contributed by atoms with Crippen LogP contribution in [0.4, 0.5) is 4.79 Å². The second-order valence-electron chi connectivity index (χ2n) is 5.75. The van der Waals surface area contributed by atoms with Crippen LogP contribution in [0.2, 0.25) is 0 Å². The van der Waals surface area contributed by atoms with E-state index >= 15 is 0 Å². The zero-order valence-electron chi connectivity index (χ0n) is 14.7. The first-order chi connectivity index (χ1) is 10.7. The van der Waals surface area contributed by atoms with Gasteiger partial charge in [-0.2, -0.15) is 0 Å². The number of amides is 1. The fourth-order valence-corrected chi connectivity index (χ4v) is 2.34. The molecule has 1 unspecified atom stereocenters. The molecule has 0 spiro atoms. The fraction of sp³-hybridized carbons (Fsp3) is 0.875. The number of alkyl carbamates (subject to hydrolysis) is 1. The Morgan fingerprint density at radius 1 is 1.22 bits per heavy atom. The van der Waals surface area contributed by atoms with Gasteiger partial charge in [0.1, 0.15) is 0 Å². The maximum absolute atomic E-state index is 11.6. The molecule has 1 atom stereocenters. The van der Waals surface area contributed by atoms with Crippen molar-refractivity contribution in [1.29, 1.82) is 0 Å². The molecule has 0 saturated heterocycles. The molecule has 0 heterocycles. The Labute approximate surface area is 157 Å². The van der Waals surface area contributed by atoms with Crippen LogP contribution in [0, 0.1) is 5.92 Å². The molecule has 0 aromatic rings.